The topological polar surface area (TPSA) is 55.8 Å². The summed E-state index contributed by atoms with van der Waals surface area (Å²) in [6, 6.07) is 19.4. The second-order valence-corrected chi connectivity index (χ2v) is 7.94. The molecule has 3 heterocycles. The number of hydrogen-bond donors (Lipinski definition) is 0. The van der Waals surface area contributed by atoms with Crippen LogP contribution < -0.4 is 4.74 Å². The molecule has 1 aromatic carbocycles. The molecule has 0 fully saturated rings. The summed E-state index contributed by atoms with van der Waals surface area (Å²) in [7, 11) is 1.64. The average molecular weight is 422 g/mol. The lowest BCUT2D eigenvalue weighted by molar-refractivity contribution is -0.132. The van der Waals surface area contributed by atoms with E-state index in [0.29, 0.717) is 25.9 Å². The lowest BCUT2D eigenvalue weighted by atomic mass is 10.2. The number of carbonyl (C=O) groups is 1. The van der Waals surface area contributed by atoms with Gasteiger partial charge in [-0.1, -0.05) is 6.07 Å². The predicted molar refractivity (Wildman–Crippen MR) is 116 cm³/mol. The highest BCUT2D eigenvalue weighted by atomic mass is 32.1. The fourth-order valence-corrected chi connectivity index (χ4v) is 3.94. The maximum atomic E-state index is 12.9. The molecule has 6 heteroatoms. The lowest BCUT2D eigenvalue weighted by Crippen LogP contribution is -2.29. The van der Waals surface area contributed by atoms with Crippen molar-refractivity contribution < 1.29 is 18.4 Å². The van der Waals surface area contributed by atoms with E-state index >= 15 is 0 Å². The van der Waals surface area contributed by atoms with Gasteiger partial charge in [-0.2, -0.15) is 0 Å². The van der Waals surface area contributed by atoms with Crippen molar-refractivity contribution in [3.63, 3.8) is 0 Å². The lowest BCUT2D eigenvalue weighted by Gasteiger charge is -2.21. The van der Waals surface area contributed by atoms with E-state index in [0.717, 1.165) is 33.5 Å². The molecule has 0 N–H and O–H groups in total. The Morgan fingerprint density at radius 1 is 1.00 bits per heavy atom. The van der Waals surface area contributed by atoms with Crippen molar-refractivity contribution in [2.45, 2.75) is 25.9 Å². The molecule has 0 bridgehead atoms. The Morgan fingerprint density at radius 3 is 2.57 bits per heavy atom. The minimum absolute atomic E-state index is 0.0715. The van der Waals surface area contributed by atoms with Crippen molar-refractivity contribution in [2.24, 2.45) is 0 Å². The van der Waals surface area contributed by atoms with E-state index in [1.165, 1.54) is 0 Å². The van der Waals surface area contributed by atoms with E-state index in [1.807, 2.05) is 70.9 Å². The van der Waals surface area contributed by atoms with Crippen LogP contribution in [0.5, 0.6) is 5.75 Å². The van der Waals surface area contributed by atoms with Gasteiger partial charge in [-0.25, -0.2) is 0 Å². The minimum Gasteiger partial charge on any atom is -0.497 e. The molecule has 30 heavy (non-hydrogen) atoms. The van der Waals surface area contributed by atoms with Gasteiger partial charge >= 0.3 is 0 Å². The highest BCUT2D eigenvalue weighted by Gasteiger charge is 2.17. The summed E-state index contributed by atoms with van der Waals surface area (Å²) in [6.07, 6.45) is 2.56. The quantitative estimate of drug-likeness (QED) is 0.344. The number of aryl methyl sites for hydroxylation is 1. The van der Waals surface area contributed by atoms with Crippen molar-refractivity contribution in [3.8, 4) is 17.1 Å². The number of carbonyl (C=O) groups excluding carboxylic acids is 1. The minimum atomic E-state index is 0.0715. The van der Waals surface area contributed by atoms with E-state index < -0.39 is 0 Å². The molecule has 0 aliphatic rings. The molecule has 5 nitrogen and oxygen atoms in total. The summed E-state index contributed by atoms with van der Waals surface area (Å²) in [6.45, 7) is 1.03. The number of ether oxygens (including phenoxy) is 1. The van der Waals surface area contributed by atoms with E-state index in [4.69, 9.17) is 13.6 Å². The zero-order valence-electron chi connectivity index (χ0n) is 16.7. The van der Waals surface area contributed by atoms with Crippen LogP contribution in [0.1, 0.15) is 22.8 Å². The van der Waals surface area contributed by atoms with Crippen molar-refractivity contribution >= 4 is 17.2 Å². The molecule has 0 saturated carbocycles. The molecule has 0 unspecified atom stereocenters. The first-order valence-corrected chi connectivity index (χ1v) is 10.6. The number of benzene rings is 1. The molecule has 0 atom stereocenters. The van der Waals surface area contributed by atoms with Crippen LogP contribution in [0.2, 0.25) is 0 Å². The zero-order chi connectivity index (χ0) is 20.8. The third-order valence-electron chi connectivity index (χ3n) is 4.83. The first-order valence-electron chi connectivity index (χ1n) is 9.77. The molecule has 154 valence electrons. The van der Waals surface area contributed by atoms with E-state index in [2.05, 4.69) is 0 Å². The smallest absolute Gasteiger partial charge is 0.223 e. The molecule has 0 saturated heterocycles. The molecule has 4 rings (SSSR count). The van der Waals surface area contributed by atoms with Crippen LogP contribution in [0.15, 0.2) is 81.1 Å². The van der Waals surface area contributed by atoms with E-state index in [-0.39, 0.29) is 5.91 Å². The van der Waals surface area contributed by atoms with Gasteiger partial charge < -0.3 is 18.5 Å². The average Bonchev–Trinajstić information content (AvgIpc) is 3.54. The molecule has 1 amide bonds. The van der Waals surface area contributed by atoms with Crippen LogP contribution in [0, 0.1) is 0 Å². The highest BCUT2D eigenvalue weighted by Crippen LogP contribution is 2.25. The van der Waals surface area contributed by atoms with Crippen LogP contribution in [0.3, 0.4) is 0 Å². The fourth-order valence-electron chi connectivity index (χ4n) is 3.22. The first kappa shape index (κ1) is 20.0. The third kappa shape index (κ3) is 5.02. The monoisotopic (exact) mass is 421 g/mol. The summed E-state index contributed by atoms with van der Waals surface area (Å²) >= 11 is 1.65. The Kier molecular flexibility index (Phi) is 6.35. The Bertz CT molecular complexity index is 1010. The standard InChI is InChI=1S/C24H23NO4S/c1-27-19-8-6-18(7-9-19)23-12-10-20(29-23)11-13-24(26)25(16-21-4-2-14-28-21)17-22-5-3-15-30-22/h2-10,12,14-15H,11,13,16-17H2,1H3. The number of methoxy groups -OCH3 is 1. The largest absolute Gasteiger partial charge is 0.497 e. The third-order valence-corrected chi connectivity index (χ3v) is 5.69. The second kappa shape index (κ2) is 9.50. The van der Waals surface area contributed by atoms with E-state index in [1.54, 1.807) is 24.7 Å². The molecule has 0 aliphatic heterocycles. The number of thiophene rings is 1. The molecule has 4 aromatic rings. The van der Waals surface area contributed by atoms with E-state index in [9.17, 15) is 4.79 Å². The van der Waals surface area contributed by atoms with Crippen LogP contribution in [0.25, 0.3) is 11.3 Å². The van der Waals surface area contributed by atoms with Gasteiger partial charge in [-0.05, 0) is 60.0 Å². The molecule has 3 aromatic heterocycles. The summed E-state index contributed by atoms with van der Waals surface area (Å²) in [5, 5.41) is 2.02. The van der Waals surface area contributed by atoms with Gasteiger partial charge in [0, 0.05) is 23.3 Å². The molecular formula is C24H23NO4S. The van der Waals surface area contributed by atoms with Crippen LogP contribution in [-0.2, 0) is 24.3 Å². The SMILES string of the molecule is COc1ccc(-c2ccc(CCC(=O)N(Cc3ccco3)Cc3cccs3)o2)cc1. The van der Waals surface area contributed by atoms with Gasteiger partial charge in [-0.15, -0.1) is 11.3 Å². The number of nitrogens with zero attached hydrogens (tertiary/aromatic N) is 1. The zero-order valence-corrected chi connectivity index (χ0v) is 17.6. The molecule has 0 spiro atoms. The van der Waals surface area contributed by atoms with Crippen molar-refractivity contribution in [2.75, 3.05) is 7.11 Å². The summed E-state index contributed by atoms with van der Waals surface area (Å²) < 4.78 is 16.6. The maximum absolute atomic E-state index is 12.9. The fraction of sp³-hybridized carbons (Fsp3) is 0.208. The van der Waals surface area contributed by atoms with Gasteiger partial charge in [-0.3, -0.25) is 4.79 Å². The molecule has 0 radical (unpaired) electrons. The maximum Gasteiger partial charge on any atom is 0.223 e. The Balaban J connectivity index is 1.39. The van der Waals surface area contributed by atoms with Crippen molar-refractivity contribution in [1.29, 1.82) is 0 Å². The van der Waals surface area contributed by atoms with Gasteiger partial charge in [0.05, 0.1) is 26.5 Å². The Morgan fingerprint density at radius 2 is 1.87 bits per heavy atom. The number of furan rings is 2. The first-order chi connectivity index (χ1) is 14.7. The normalized spacial score (nSPS) is 10.8. The van der Waals surface area contributed by atoms with Crippen LogP contribution in [-0.4, -0.2) is 17.9 Å². The summed E-state index contributed by atoms with van der Waals surface area (Å²) in [5.74, 6) is 3.23. The summed E-state index contributed by atoms with van der Waals surface area (Å²) in [4.78, 5) is 15.9. The summed E-state index contributed by atoms with van der Waals surface area (Å²) in [5.41, 5.74) is 0.977. The molecular weight excluding hydrogens is 398 g/mol. The highest BCUT2D eigenvalue weighted by molar-refractivity contribution is 7.09. The second-order valence-electron chi connectivity index (χ2n) is 6.90. The van der Waals surface area contributed by atoms with Gasteiger partial charge in [0.15, 0.2) is 0 Å². The number of rotatable bonds is 9. The van der Waals surface area contributed by atoms with Crippen molar-refractivity contribution in [3.05, 3.63) is 88.7 Å². The number of amides is 1. The van der Waals surface area contributed by atoms with Crippen molar-refractivity contribution in [1.82, 2.24) is 4.90 Å². The Labute approximate surface area is 179 Å². The van der Waals surface area contributed by atoms with Gasteiger partial charge in [0.25, 0.3) is 0 Å². The predicted octanol–water partition coefficient (Wildman–Crippen LogP) is 5.77. The Hall–Kier alpha value is -3.25. The van der Waals surface area contributed by atoms with Crippen LogP contribution >= 0.6 is 11.3 Å². The van der Waals surface area contributed by atoms with Gasteiger partial charge in [0.2, 0.25) is 5.91 Å². The van der Waals surface area contributed by atoms with Crippen LogP contribution in [0.4, 0.5) is 0 Å². The number of hydrogen-bond acceptors (Lipinski definition) is 5. The molecule has 0 aliphatic carbocycles. The van der Waals surface area contributed by atoms with Gasteiger partial charge in [0.1, 0.15) is 23.0 Å².